The molecule has 1 aliphatic carbocycles. The lowest BCUT2D eigenvalue weighted by atomic mass is 10.0. The van der Waals surface area contributed by atoms with Gasteiger partial charge in [0.25, 0.3) is 0 Å². The SMILES string of the molecule is CN(C)[C@H](CCC(=O)NC1CCc2ccsc21)Cc1ccc(O)cc1. The average Bonchev–Trinajstić information content (AvgIpc) is 3.18. The highest BCUT2D eigenvalue weighted by molar-refractivity contribution is 7.10. The number of amides is 1. The standard InChI is InChI=1S/C20H26N2O2S/c1-22(2)16(13-14-3-7-17(23)8-4-14)6-10-19(24)21-18-9-5-15-11-12-25-20(15)18/h3-4,7-8,11-12,16,18,23H,5-6,9-10,13H2,1-2H3,(H,21,24)/t16-,18?/m1/s1. The van der Waals surface area contributed by atoms with Gasteiger partial charge in [-0.3, -0.25) is 4.79 Å². The Bertz CT molecular complexity index is 709. The minimum absolute atomic E-state index is 0.142. The fraction of sp³-hybridized carbons (Fsp3) is 0.450. The average molecular weight is 359 g/mol. The first-order chi connectivity index (χ1) is 12.0. The molecule has 1 heterocycles. The third kappa shape index (κ3) is 4.61. The van der Waals surface area contributed by atoms with Crippen molar-refractivity contribution in [3.05, 3.63) is 51.7 Å². The van der Waals surface area contributed by atoms with Gasteiger partial charge >= 0.3 is 0 Å². The molecule has 2 atom stereocenters. The lowest BCUT2D eigenvalue weighted by Crippen LogP contribution is -2.33. The quantitative estimate of drug-likeness (QED) is 0.796. The highest BCUT2D eigenvalue weighted by Gasteiger charge is 2.25. The first-order valence-electron chi connectivity index (χ1n) is 8.83. The van der Waals surface area contributed by atoms with Crippen LogP contribution in [0, 0.1) is 0 Å². The second kappa shape index (κ2) is 8.02. The fourth-order valence-electron chi connectivity index (χ4n) is 3.44. The molecule has 0 spiro atoms. The van der Waals surface area contributed by atoms with Crippen molar-refractivity contribution in [3.63, 3.8) is 0 Å². The number of hydrogen-bond acceptors (Lipinski definition) is 4. The number of carbonyl (C=O) groups is 1. The number of aromatic hydroxyl groups is 1. The maximum Gasteiger partial charge on any atom is 0.220 e. The number of hydrogen-bond donors (Lipinski definition) is 2. The second-order valence-electron chi connectivity index (χ2n) is 7.00. The summed E-state index contributed by atoms with van der Waals surface area (Å²) in [5.41, 5.74) is 2.57. The number of aryl methyl sites for hydroxylation is 1. The molecule has 2 aromatic rings. The number of nitrogens with one attached hydrogen (secondary N) is 1. The Labute approximate surface area is 153 Å². The number of fused-ring (bicyclic) bond motifs is 1. The zero-order valence-corrected chi connectivity index (χ0v) is 15.7. The summed E-state index contributed by atoms with van der Waals surface area (Å²) in [6, 6.07) is 10.0. The lowest BCUT2D eigenvalue weighted by Gasteiger charge is -2.24. The van der Waals surface area contributed by atoms with Crippen LogP contribution in [0.5, 0.6) is 5.75 Å². The van der Waals surface area contributed by atoms with Crippen LogP contribution in [0.3, 0.4) is 0 Å². The van der Waals surface area contributed by atoms with E-state index in [1.54, 1.807) is 23.5 Å². The highest BCUT2D eigenvalue weighted by Crippen LogP contribution is 2.35. The molecule has 1 amide bonds. The van der Waals surface area contributed by atoms with Gasteiger partial charge in [0.05, 0.1) is 6.04 Å². The number of benzene rings is 1. The van der Waals surface area contributed by atoms with Crippen LogP contribution >= 0.6 is 11.3 Å². The molecule has 25 heavy (non-hydrogen) atoms. The monoisotopic (exact) mass is 358 g/mol. The Morgan fingerprint density at radius 3 is 2.80 bits per heavy atom. The lowest BCUT2D eigenvalue weighted by molar-refractivity contribution is -0.122. The highest BCUT2D eigenvalue weighted by atomic mass is 32.1. The van der Waals surface area contributed by atoms with E-state index in [9.17, 15) is 9.90 Å². The molecule has 1 aromatic heterocycles. The normalized spacial score (nSPS) is 17.5. The fourth-order valence-corrected chi connectivity index (χ4v) is 4.48. The van der Waals surface area contributed by atoms with Crippen molar-refractivity contribution in [2.75, 3.05) is 14.1 Å². The largest absolute Gasteiger partial charge is 0.508 e. The molecule has 1 unspecified atom stereocenters. The number of thiophene rings is 1. The summed E-state index contributed by atoms with van der Waals surface area (Å²) in [5, 5.41) is 14.7. The van der Waals surface area contributed by atoms with Gasteiger partial charge in [-0.05, 0) is 74.5 Å². The van der Waals surface area contributed by atoms with Crippen molar-refractivity contribution in [2.24, 2.45) is 0 Å². The van der Waals surface area contributed by atoms with Crippen LogP contribution in [0.4, 0.5) is 0 Å². The van der Waals surface area contributed by atoms with Crippen molar-refractivity contribution >= 4 is 17.2 Å². The van der Waals surface area contributed by atoms with Crippen molar-refractivity contribution in [1.29, 1.82) is 0 Å². The first kappa shape index (κ1) is 18.0. The molecule has 1 aromatic carbocycles. The van der Waals surface area contributed by atoms with Crippen LogP contribution in [-0.4, -0.2) is 36.1 Å². The Kier molecular flexibility index (Phi) is 5.76. The molecule has 0 saturated carbocycles. The second-order valence-corrected chi connectivity index (χ2v) is 7.94. The summed E-state index contributed by atoms with van der Waals surface area (Å²) in [7, 11) is 4.11. The Balaban J connectivity index is 1.51. The summed E-state index contributed by atoms with van der Waals surface area (Å²) in [6.07, 6.45) is 4.34. The first-order valence-corrected chi connectivity index (χ1v) is 9.71. The number of rotatable bonds is 7. The van der Waals surface area contributed by atoms with E-state index in [1.165, 1.54) is 16.0 Å². The van der Waals surface area contributed by atoms with E-state index in [1.807, 2.05) is 12.1 Å². The molecule has 134 valence electrons. The molecule has 3 rings (SSSR count). The smallest absolute Gasteiger partial charge is 0.220 e. The maximum absolute atomic E-state index is 12.4. The summed E-state index contributed by atoms with van der Waals surface area (Å²) in [4.78, 5) is 15.9. The van der Waals surface area contributed by atoms with Gasteiger partial charge in [0.15, 0.2) is 0 Å². The molecule has 5 heteroatoms. The van der Waals surface area contributed by atoms with Crippen LogP contribution in [0.2, 0.25) is 0 Å². The van der Waals surface area contributed by atoms with Crippen LogP contribution in [0.25, 0.3) is 0 Å². The van der Waals surface area contributed by atoms with Crippen LogP contribution in [-0.2, 0) is 17.6 Å². The predicted octanol–water partition coefficient (Wildman–Crippen LogP) is 3.51. The van der Waals surface area contributed by atoms with Gasteiger partial charge in [-0.25, -0.2) is 0 Å². The molecule has 0 fully saturated rings. The van der Waals surface area contributed by atoms with E-state index in [0.29, 0.717) is 12.5 Å². The van der Waals surface area contributed by atoms with Gasteiger partial charge in [0.2, 0.25) is 5.91 Å². The molecule has 1 aliphatic rings. The molecular formula is C20H26N2O2S. The number of likely N-dealkylation sites (N-methyl/N-ethyl adjacent to an activating group) is 1. The zero-order chi connectivity index (χ0) is 17.8. The Hall–Kier alpha value is -1.85. The van der Waals surface area contributed by atoms with E-state index in [-0.39, 0.29) is 17.7 Å². The minimum Gasteiger partial charge on any atom is -0.508 e. The summed E-state index contributed by atoms with van der Waals surface area (Å²) in [5.74, 6) is 0.429. The summed E-state index contributed by atoms with van der Waals surface area (Å²) >= 11 is 1.75. The maximum atomic E-state index is 12.4. The van der Waals surface area contributed by atoms with Gasteiger partial charge in [-0.1, -0.05) is 12.1 Å². The zero-order valence-electron chi connectivity index (χ0n) is 14.9. The Morgan fingerprint density at radius 1 is 1.32 bits per heavy atom. The number of nitrogens with zero attached hydrogens (tertiary/aromatic N) is 1. The van der Waals surface area contributed by atoms with Crippen LogP contribution in [0.1, 0.15) is 41.3 Å². The Morgan fingerprint density at radius 2 is 2.08 bits per heavy atom. The van der Waals surface area contributed by atoms with Gasteiger partial charge in [-0.2, -0.15) is 0 Å². The van der Waals surface area contributed by atoms with Crippen molar-refractivity contribution < 1.29 is 9.90 Å². The van der Waals surface area contributed by atoms with Crippen LogP contribution in [0.15, 0.2) is 35.7 Å². The predicted molar refractivity (Wildman–Crippen MR) is 102 cm³/mol. The van der Waals surface area contributed by atoms with E-state index in [2.05, 4.69) is 35.8 Å². The summed E-state index contributed by atoms with van der Waals surface area (Å²) < 4.78 is 0. The number of carbonyl (C=O) groups excluding carboxylic acids is 1. The van der Waals surface area contributed by atoms with E-state index in [4.69, 9.17) is 0 Å². The number of phenolic OH excluding ortho intramolecular Hbond substituents is 1. The molecule has 0 bridgehead atoms. The topological polar surface area (TPSA) is 52.6 Å². The van der Waals surface area contributed by atoms with Crippen molar-refractivity contribution in [3.8, 4) is 5.75 Å². The molecular weight excluding hydrogens is 332 g/mol. The van der Waals surface area contributed by atoms with Crippen molar-refractivity contribution in [2.45, 2.75) is 44.2 Å². The van der Waals surface area contributed by atoms with Crippen molar-refractivity contribution in [1.82, 2.24) is 10.2 Å². The van der Waals surface area contributed by atoms with Crippen LogP contribution < -0.4 is 5.32 Å². The van der Waals surface area contributed by atoms with E-state index >= 15 is 0 Å². The van der Waals surface area contributed by atoms with E-state index in [0.717, 1.165) is 25.7 Å². The van der Waals surface area contributed by atoms with Gasteiger partial charge in [-0.15, -0.1) is 11.3 Å². The summed E-state index contributed by atoms with van der Waals surface area (Å²) in [6.45, 7) is 0. The minimum atomic E-state index is 0.142. The van der Waals surface area contributed by atoms with Gasteiger partial charge in [0, 0.05) is 17.3 Å². The molecule has 0 saturated heterocycles. The third-order valence-electron chi connectivity index (χ3n) is 4.98. The molecule has 0 radical (unpaired) electrons. The number of phenols is 1. The third-order valence-corrected chi connectivity index (χ3v) is 6.05. The van der Waals surface area contributed by atoms with Gasteiger partial charge < -0.3 is 15.3 Å². The molecule has 4 nitrogen and oxygen atoms in total. The molecule has 0 aliphatic heterocycles. The van der Waals surface area contributed by atoms with Gasteiger partial charge in [0.1, 0.15) is 5.75 Å². The van der Waals surface area contributed by atoms with E-state index < -0.39 is 0 Å². The molecule has 2 N–H and O–H groups in total.